The molecule has 0 saturated carbocycles. The summed E-state index contributed by atoms with van der Waals surface area (Å²) in [5, 5.41) is 26.3. The van der Waals surface area contributed by atoms with E-state index in [1.807, 2.05) is 0 Å². The minimum absolute atomic E-state index is 0.00494. The largest absolute Gasteiger partial charge is 0.538 e. The van der Waals surface area contributed by atoms with Crippen molar-refractivity contribution >= 4 is 29.3 Å². The first-order chi connectivity index (χ1) is 9.97. The number of amides is 1. The number of benzene rings is 1. The van der Waals surface area contributed by atoms with Crippen LogP contribution in [0.25, 0.3) is 0 Å². The number of aryl methyl sites for hydroxylation is 1. The van der Waals surface area contributed by atoms with E-state index in [9.17, 15) is 14.7 Å². The van der Waals surface area contributed by atoms with Crippen molar-refractivity contribution in [3.63, 3.8) is 0 Å². The Morgan fingerprint density at radius 1 is 1.43 bits per heavy atom. The number of carboxylic acids is 1. The number of hydrogen-bond acceptors (Lipinski definition) is 6. The minimum Gasteiger partial charge on any atom is -0.538 e. The highest BCUT2D eigenvalue weighted by Gasteiger charge is 2.16. The van der Waals surface area contributed by atoms with Crippen molar-refractivity contribution in [2.45, 2.75) is 5.03 Å². The first kappa shape index (κ1) is 14.9. The molecule has 0 aliphatic rings. The molecule has 0 bridgehead atoms. The zero-order valence-electron chi connectivity index (χ0n) is 10.9. The molecule has 0 radical (unpaired) electrons. The molecule has 2 rings (SSSR count). The van der Waals surface area contributed by atoms with Crippen LogP contribution in [0.5, 0.6) is 5.95 Å². The second-order valence-electron chi connectivity index (χ2n) is 4.01. The number of thioether (sulfide) groups is 1. The van der Waals surface area contributed by atoms with Gasteiger partial charge in [0.05, 0.1) is 16.6 Å². The number of anilines is 1. The van der Waals surface area contributed by atoms with Crippen LogP contribution in [0.3, 0.4) is 0 Å². The lowest BCUT2D eigenvalue weighted by Gasteiger charge is -2.04. The van der Waals surface area contributed by atoms with E-state index in [4.69, 9.17) is 5.11 Å². The highest BCUT2D eigenvalue weighted by atomic mass is 32.2. The first-order valence-electron chi connectivity index (χ1n) is 5.76. The van der Waals surface area contributed by atoms with Crippen molar-refractivity contribution in [1.29, 1.82) is 0 Å². The molecule has 2 N–H and O–H groups in total. The van der Waals surface area contributed by atoms with Crippen molar-refractivity contribution in [2.75, 3.05) is 11.1 Å². The Bertz CT molecular complexity index is 649. The predicted octanol–water partition coefficient (Wildman–Crippen LogP) is 0.00170. The highest BCUT2D eigenvalue weighted by molar-refractivity contribution is 7.99. The summed E-state index contributed by atoms with van der Waals surface area (Å²) >= 11 is 1.00. The molecule has 2 aromatic rings. The average molecular weight is 309 g/mol. The van der Waals surface area contributed by atoms with Crippen LogP contribution in [-0.2, 0) is 11.8 Å². The molecule has 0 spiro atoms. The molecule has 110 valence electrons. The van der Waals surface area contributed by atoms with E-state index in [-0.39, 0.29) is 22.2 Å². The van der Waals surface area contributed by atoms with Crippen LogP contribution < -0.4 is 15.1 Å². The number of carbonyl (C=O) groups is 2. The lowest BCUT2D eigenvalue weighted by molar-refractivity contribution is -0.772. The Morgan fingerprint density at radius 2 is 2.10 bits per heavy atom. The molecule has 0 unspecified atom stereocenters. The van der Waals surface area contributed by atoms with Crippen molar-refractivity contribution in [2.24, 2.45) is 7.05 Å². The molecule has 0 atom stereocenters. The zero-order valence-corrected chi connectivity index (χ0v) is 11.7. The van der Waals surface area contributed by atoms with Gasteiger partial charge in [0, 0.05) is 5.69 Å². The van der Waals surface area contributed by atoms with Gasteiger partial charge in [-0.1, -0.05) is 4.68 Å². The predicted molar refractivity (Wildman–Crippen MR) is 69.9 cm³/mol. The third-order valence-corrected chi connectivity index (χ3v) is 3.58. The van der Waals surface area contributed by atoms with Gasteiger partial charge in [-0.3, -0.25) is 4.79 Å². The highest BCUT2D eigenvalue weighted by Crippen LogP contribution is 2.21. The second kappa shape index (κ2) is 6.27. The lowest BCUT2D eigenvalue weighted by Crippen LogP contribution is -2.32. The Labute approximate surface area is 123 Å². The summed E-state index contributed by atoms with van der Waals surface area (Å²) in [6, 6.07) is 5.76. The van der Waals surface area contributed by atoms with E-state index in [0.29, 0.717) is 5.69 Å². The van der Waals surface area contributed by atoms with Crippen molar-refractivity contribution < 1.29 is 29.0 Å². The number of aromatic nitrogens is 2. The Hall–Kier alpha value is -2.55. The lowest BCUT2D eigenvalue weighted by atomic mass is 10.2. The maximum absolute atomic E-state index is 11.7. The Kier molecular flexibility index (Phi) is 4.43. The molecule has 1 heterocycles. The fourth-order valence-electron chi connectivity index (χ4n) is 1.49. The average Bonchev–Trinajstić information content (AvgIpc) is 2.76. The van der Waals surface area contributed by atoms with Gasteiger partial charge in [-0.25, -0.2) is 4.79 Å². The Morgan fingerprint density at radius 3 is 2.62 bits per heavy atom. The SMILES string of the molecule is C[n+]1noc([O-])c1SCC(=O)Nc1ccc(C(=O)O)cc1. The van der Waals surface area contributed by atoms with E-state index in [1.165, 1.54) is 36.0 Å². The molecule has 0 aliphatic heterocycles. The molecule has 1 aromatic heterocycles. The quantitative estimate of drug-likeness (QED) is 0.589. The molecule has 0 saturated heterocycles. The number of carboxylic acid groups (broad SMARTS) is 1. The molecule has 8 nitrogen and oxygen atoms in total. The summed E-state index contributed by atoms with van der Waals surface area (Å²) in [4.78, 5) is 22.4. The van der Waals surface area contributed by atoms with Crippen molar-refractivity contribution in [3.8, 4) is 5.95 Å². The van der Waals surface area contributed by atoms with Crippen LogP contribution in [0.4, 0.5) is 5.69 Å². The van der Waals surface area contributed by atoms with Gasteiger partial charge in [-0.05, 0) is 36.0 Å². The topological polar surface area (TPSA) is 119 Å². The van der Waals surface area contributed by atoms with Crippen molar-refractivity contribution in [1.82, 2.24) is 5.27 Å². The number of nitrogens with zero attached hydrogens (tertiary/aromatic N) is 2. The number of nitrogens with one attached hydrogen (secondary N) is 1. The molecular formula is C12H11N3O5S. The number of hydrogen-bond donors (Lipinski definition) is 2. The van der Waals surface area contributed by atoms with Crippen LogP contribution >= 0.6 is 11.8 Å². The normalized spacial score (nSPS) is 10.3. The second-order valence-corrected chi connectivity index (χ2v) is 4.97. The molecule has 9 heteroatoms. The van der Waals surface area contributed by atoms with E-state index in [1.54, 1.807) is 0 Å². The summed E-state index contributed by atoms with van der Waals surface area (Å²) in [5.74, 6) is -1.96. The Balaban J connectivity index is 1.91. The van der Waals surface area contributed by atoms with Crippen LogP contribution in [0, 0.1) is 0 Å². The van der Waals surface area contributed by atoms with E-state index in [2.05, 4.69) is 15.1 Å². The van der Waals surface area contributed by atoms with Gasteiger partial charge in [0.15, 0.2) is 13.0 Å². The third kappa shape index (κ3) is 3.72. The summed E-state index contributed by atoms with van der Waals surface area (Å²) < 4.78 is 5.68. The fourth-order valence-corrected chi connectivity index (χ4v) is 2.20. The third-order valence-electron chi connectivity index (χ3n) is 2.47. The summed E-state index contributed by atoms with van der Waals surface area (Å²) in [6.07, 6.45) is 0. The minimum atomic E-state index is -1.04. The van der Waals surface area contributed by atoms with Gasteiger partial charge >= 0.3 is 5.97 Å². The van der Waals surface area contributed by atoms with Gasteiger partial charge in [-0.15, -0.1) is 0 Å². The first-order valence-corrected chi connectivity index (χ1v) is 6.75. The molecule has 0 fully saturated rings. The number of carbonyl (C=O) groups excluding carboxylic acids is 1. The maximum Gasteiger partial charge on any atom is 0.335 e. The van der Waals surface area contributed by atoms with Crippen LogP contribution in [0.15, 0.2) is 33.8 Å². The summed E-state index contributed by atoms with van der Waals surface area (Å²) in [6.45, 7) is 0. The van der Waals surface area contributed by atoms with Gasteiger partial charge in [0.1, 0.15) is 0 Å². The van der Waals surface area contributed by atoms with Gasteiger partial charge in [0.2, 0.25) is 5.91 Å². The van der Waals surface area contributed by atoms with Gasteiger partial charge in [-0.2, -0.15) is 0 Å². The maximum atomic E-state index is 11.7. The van der Waals surface area contributed by atoms with Gasteiger partial charge in [0.25, 0.3) is 5.03 Å². The number of rotatable bonds is 5. The summed E-state index contributed by atoms with van der Waals surface area (Å²) in [5.41, 5.74) is 0.609. The zero-order chi connectivity index (χ0) is 15.4. The standard InChI is InChI=1S/C12H11N3O5S/c1-15-10(12(19)20-14-15)21-6-9(16)13-8-4-2-7(3-5-8)11(17)18/h2-5H,6H2,1H3,(H2-,13,14,16,17,18,19). The van der Waals surface area contributed by atoms with E-state index in [0.717, 1.165) is 11.8 Å². The van der Waals surface area contributed by atoms with Crippen molar-refractivity contribution in [3.05, 3.63) is 29.8 Å². The smallest absolute Gasteiger partial charge is 0.335 e. The fraction of sp³-hybridized carbons (Fsp3) is 0.167. The van der Waals surface area contributed by atoms with Gasteiger partial charge < -0.3 is 20.1 Å². The van der Waals surface area contributed by atoms with Crippen LogP contribution in [-0.4, -0.2) is 28.0 Å². The molecule has 0 aliphatic carbocycles. The number of aromatic carboxylic acids is 1. The van der Waals surface area contributed by atoms with E-state index < -0.39 is 11.9 Å². The molecule has 21 heavy (non-hydrogen) atoms. The van der Waals surface area contributed by atoms with E-state index >= 15 is 0 Å². The summed E-state index contributed by atoms with van der Waals surface area (Å²) in [7, 11) is 1.54. The molecule has 1 amide bonds. The van der Waals surface area contributed by atoms with Crippen LogP contribution in [0.1, 0.15) is 10.4 Å². The molecule has 1 aromatic carbocycles. The molecular weight excluding hydrogens is 298 g/mol. The van der Waals surface area contributed by atoms with Crippen LogP contribution in [0.2, 0.25) is 0 Å². The monoisotopic (exact) mass is 309 g/mol.